The fourth-order valence-electron chi connectivity index (χ4n) is 1.57. The molecule has 2 rings (SSSR count). The Hall–Kier alpha value is -2.29. The molecule has 21 heavy (non-hydrogen) atoms. The number of carbonyl (C=O) groups excluding carboxylic acids is 1. The van der Waals surface area contributed by atoms with Gasteiger partial charge in [0.2, 0.25) is 11.8 Å². The molecular weight excluding hydrogens is 274 g/mol. The molecule has 0 aliphatic carbocycles. The molecule has 0 unspecified atom stereocenters. The van der Waals surface area contributed by atoms with Crippen molar-refractivity contribution in [1.82, 2.24) is 30.5 Å². The van der Waals surface area contributed by atoms with E-state index in [1.54, 1.807) is 6.20 Å². The number of anilines is 1. The Morgan fingerprint density at radius 2 is 2.19 bits per heavy atom. The van der Waals surface area contributed by atoms with E-state index in [4.69, 9.17) is 4.42 Å². The minimum absolute atomic E-state index is 0.0402. The van der Waals surface area contributed by atoms with E-state index in [-0.39, 0.29) is 24.4 Å². The lowest BCUT2D eigenvalue weighted by atomic mass is 10.2. The quantitative estimate of drug-likeness (QED) is 0.766. The average molecular weight is 293 g/mol. The summed E-state index contributed by atoms with van der Waals surface area (Å²) in [5.74, 6) is 0.305. The van der Waals surface area contributed by atoms with Crippen LogP contribution < -0.4 is 10.6 Å². The third-order valence-corrected chi connectivity index (χ3v) is 2.63. The molecule has 2 N–H and O–H groups in total. The molecule has 0 saturated heterocycles. The highest BCUT2D eigenvalue weighted by atomic mass is 16.4. The van der Waals surface area contributed by atoms with Crippen LogP contribution in [0.3, 0.4) is 0 Å². The molecular formula is C12H19N7O2. The van der Waals surface area contributed by atoms with Crippen molar-refractivity contribution in [2.75, 3.05) is 11.9 Å². The monoisotopic (exact) mass is 293 g/mol. The maximum Gasteiger partial charge on any atom is 0.322 e. The highest BCUT2D eigenvalue weighted by molar-refractivity contribution is 5.88. The van der Waals surface area contributed by atoms with Crippen LogP contribution in [0.25, 0.3) is 0 Å². The molecule has 0 fully saturated rings. The van der Waals surface area contributed by atoms with Gasteiger partial charge in [-0.15, -0.1) is 10.2 Å². The van der Waals surface area contributed by atoms with E-state index in [0.717, 1.165) is 12.2 Å². The van der Waals surface area contributed by atoms with Gasteiger partial charge in [0.25, 0.3) is 0 Å². The number of aromatic nitrogens is 5. The number of rotatable bonds is 7. The summed E-state index contributed by atoms with van der Waals surface area (Å²) >= 11 is 0. The summed E-state index contributed by atoms with van der Waals surface area (Å²) in [4.78, 5) is 11.8. The second-order valence-electron chi connectivity index (χ2n) is 4.84. The SMILES string of the molecule is CCNCc1cn(CC(=O)Nc2nnc(C(C)C)o2)nn1. The first-order valence-corrected chi connectivity index (χ1v) is 6.81. The number of carbonyl (C=O) groups is 1. The number of nitrogens with zero attached hydrogens (tertiary/aromatic N) is 5. The Morgan fingerprint density at radius 1 is 1.38 bits per heavy atom. The molecule has 9 nitrogen and oxygen atoms in total. The molecule has 0 aliphatic rings. The van der Waals surface area contributed by atoms with Crippen molar-refractivity contribution in [3.63, 3.8) is 0 Å². The zero-order valence-electron chi connectivity index (χ0n) is 12.3. The standard InChI is InChI=1S/C12H19N7O2/c1-4-13-5-9-6-19(18-15-9)7-10(20)14-12-17-16-11(21-12)8(2)3/h6,8,13H,4-5,7H2,1-3H3,(H,14,17,20). The van der Waals surface area contributed by atoms with Gasteiger partial charge in [-0.2, -0.15) is 0 Å². The minimum Gasteiger partial charge on any atom is -0.408 e. The van der Waals surface area contributed by atoms with Crippen LogP contribution in [0.1, 0.15) is 38.3 Å². The summed E-state index contributed by atoms with van der Waals surface area (Å²) in [6, 6.07) is 0.0942. The zero-order chi connectivity index (χ0) is 15.2. The van der Waals surface area contributed by atoms with Crippen LogP contribution in [0.2, 0.25) is 0 Å². The van der Waals surface area contributed by atoms with E-state index in [1.807, 2.05) is 20.8 Å². The van der Waals surface area contributed by atoms with Crippen molar-refractivity contribution in [1.29, 1.82) is 0 Å². The van der Waals surface area contributed by atoms with Crippen molar-refractivity contribution in [2.45, 2.75) is 39.8 Å². The smallest absolute Gasteiger partial charge is 0.322 e. The summed E-state index contributed by atoms with van der Waals surface area (Å²) < 4.78 is 6.76. The van der Waals surface area contributed by atoms with Gasteiger partial charge in [-0.3, -0.25) is 10.1 Å². The van der Waals surface area contributed by atoms with Crippen molar-refractivity contribution >= 4 is 11.9 Å². The maximum absolute atomic E-state index is 11.8. The van der Waals surface area contributed by atoms with E-state index in [1.165, 1.54) is 4.68 Å². The Kier molecular flexibility index (Phi) is 4.99. The van der Waals surface area contributed by atoms with Crippen LogP contribution >= 0.6 is 0 Å². The number of amides is 1. The lowest BCUT2D eigenvalue weighted by Gasteiger charge is -2.00. The molecule has 9 heteroatoms. The molecule has 2 aromatic rings. The first-order chi connectivity index (χ1) is 10.1. The Bertz CT molecular complexity index is 590. The van der Waals surface area contributed by atoms with Gasteiger partial charge < -0.3 is 9.73 Å². The Balaban J connectivity index is 1.87. The van der Waals surface area contributed by atoms with Gasteiger partial charge in [-0.1, -0.05) is 31.1 Å². The average Bonchev–Trinajstić information content (AvgIpc) is 3.06. The number of nitrogens with one attached hydrogen (secondary N) is 2. The van der Waals surface area contributed by atoms with E-state index >= 15 is 0 Å². The third kappa shape index (κ3) is 4.35. The highest BCUT2D eigenvalue weighted by Crippen LogP contribution is 2.14. The van der Waals surface area contributed by atoms with Gasteiger partial charge in [0.1, 0.15) is 6.54 Å². The lowest BCUT2D eigenvalue weighted by molar-refractivity contribution is -0.117. The Labute approximate surface area is 122 Å². The highest BCUT2D eigenvalue weighted by Gasteiger charge is 2.13. The second kappa shape index (κ2) is 6.93. The fourth-order valence-corrected chi connectivity index (χ4v) is 1.57. The van der Waals surface area contributed by atoms with Crippen LogP contribution in [0.4, 0.5) is 6.01 Å². The maximum atomic E-state index is 11.8. The molecule has 0 saturated carbocycles. The summed E-state index contributed by atoms with van der Waals surface area (Å²) in [5.41, 5.74) is 0.782. The predicted octanol–water partition coefficient (Wildman–Crippen LogP) is 0.533. The molecule has 2 heterocycles. The molecule has 0 spiro atoms. The molecule has 1 amide bonds. The van der Waals surface area contributed by atoms with Crippen LogP contribution in [0.5, 0.6) is 0 Å². The van der Waals surface area contributed by atoms with Gasteiger partial charge in [0, 0.05) is 12.5 Å². The first kappa shape index (κ1) is 15.1. The molecule has 0 atom stereocenters. The zero-order valence-corrected chi connectivity index (χ0v) is 12.3. The van der Waals surface area contributed by atoms with Crippen LogP contribution in [0, 0.1) is 0 Å². The normalized spacial score (nSPS) is 11.0. The largest absolute Gasteiger partial charge is 0.408 e. The van der Waals surface area contributed by atoms with Crippen LogP contribution in [-0.4, -0.2) is 37.6 Å². The molecule has 0 radical (unpaired) electrons. The third-order valence-electron chi connectivity index (χ3n) is 2.63. The second-order valence-corrected chi connectivity index (χ2v) is 4.84. The topological polar surface area (TPSA) is 111 Å². The summed E-state index contributed by atoms with van der Waals surface area (Å²) in [7, 11) is 0. The molecule has 0 bridgehead atoms. The van der Waals surface area contributed by atoms with E-state index in [9.17, 15) is 4.79 Å². The van der Waals surface area contributed by atoms with Crippen LogP contribution in [0.15, 0.2) is 10.6 Å². The van der Waals surface area contributed by atoms with Crippen molar-refractivity contribution in [3.05, 3.63) is 17.8 Å². The summed E-state index contributed by atoms with van der Waals surface area (Å²) in [6.45, 7) is 7.38. The summed E-state index contributed by atoms with van der Waals surface area (Å²) in [6.07, 6.45) is 1.72. The van der Waals surface area contributed by atoms with Crippen LogP contribution in [-0.2, 0) is 17.9 Å². The lowest BCUT2D eigenvalue weighted by Crippen LogP contribution is -2.19. The van der Waals surface area contributed by atoms with Gasteiger partial charge in [0.15, 0.2) is 0 Å². The van der Waals surface area contributed by atoms with Gasteiger partial charge >= 0.3 is 6.01 Å². The van der Waals surface area contributed by atoms with Crippen molar-refractivity contribution in [2.24, 2.45) is 0 Å². The van der Waals surface area contributed by atoms with Gasteiger partial charge in [-0.25, -0.2) is 4.68 Å². The Morgan fingerprint density at radius 3 is 2.86 bits per heavy atom. The van der Waals surface area contributed by atoms with E-state index in [2.05, 4.69) is 31.1 Å². The van der Waals surface area contributed by atoms with Crippen molar-refractivity contribution in [3.8, 4) is 0 Å². The molecule has 2 aromatic heterocycles. The van der Waals surface area contributed by atoms with Crippen molar-refractivity contribution < 1.29 is 9.21 Å². The molecule has 0 aliphatic heterocycles. The predicted molar refractivity (Wildman–Crippen MR) is 74.4 cm³/mol. The minimum atomic E-state index is -0.297. The number of hydrogen-bond donors (Lipinski definition) is 2. The molecule has 114 valence electrons. The first-order valence-electron chi connectivity index (χ1n) is 6.81. The molecule has 0 aromatic carbocycles. The fraction of sp³-hybridized carbons (Fsp3) is 0.583. The number of hydrogen-bond acceptors (Lipinski definition) is 7. The van der Waals surface area contributed by atoms with Gasteiger partial charge in [0.05, 0.1) is 11.9 Å². The van der Waals surface area contributed by atoms with Gasteiger partial charge in [-0.05, 0) is 6.54 Å². The van der Waals surface area contributed by atoms with E-state index in [0.29, 0.717) is 12.4 Å². The summed E-state index contributed by atoms with van der Waals surface area (Å²) in [5, 5.41) is 21.1. The van der Waals surface area contributed by atoms with E-state index < -0.39 is 0 Å².